The molecule has 0 radical (unpaired) electrons. The molecule has 0 saturated carbocycles. The molecule has 0 spiro atoms. The zero-order chi connectivity index (χ0) is 11.3. The van der Waals surface area contributed by atoms with E-state index < -0.39 is 0 Å². The molecule has 1 aromatic rings. The quantitative estimate of drug-likeness (QED) is 0.576. The van der Waals surface area contributed by atoms with Crippen molar-refractivity contribution in [2.75, 3.05) is 31.2 Å². The first-order valence-electron chi connectivity index (χ1n) is 4.72. The van der Waals surface area contributed by atoms with Crippen molar-refractivity contribution in [2.45, 2.75) is 6.92 Å². The van der Waals surface area contributed by atoms with E-state index in [2.05, 4.69) is 9.97 Å². The summed E-state index contributed by atoms with van der Waals surface area (Å²) in [6, 6.07) is 1.39. The molecule has 0 aliphatic carbocycles. The van der Waals surface area contributed by atoms with Gasteiger partial charge in [0, 0.05) is 24.8 Å². The van der Waals surface area contributed by atoms with E-state index in [9.17, 15) is 4.79 Å². The number of aromatic amines is 1. The van der Waals surface area contributed by atoms with E-state index in [4.69, 9.17) is 10.2 Å². The minimum Gasteiger partial charge on any atom is -0.395 e. The Bertz CT molecular complexity index is 358. The highest BCUT2D eigenvalue weighted by Crippen LogP contribution is 2.03. The molecule has 1 aromatic heterocycles. The minimum absolute atomic E-state index is 0.0579. The van der Waals surface area contributed by atoms with Gasteiger partial charge in [-0.15, -0.1) is 0 Å². The number of aromatic nitrogens is 2. The highest BCUT2D eigenvalue weighted by atomic mass is 16.3. The van der Waals surface area contributed by atoms with Crippen molar-refractivity contribution in [1.82, 2.24) is 9.97 Å². The normalized spacial score (nSPS) is 10.3. The second-order valence-electron chi connectivity index (χ2n) is 3.14. The molecule has 0 fully saturated rings. The maximum atomic E-state index is 11.2. The van der Waals surface area contributed by atoms with Crippen molar-refractivity contribution in [3.63, 3.8) is 0 Å². The fourth-order valence-electron chi connectivity index (χ4n) is 1.28. The zero-order valence-corrected chi connectivity index (χ0v) is 8.60. The van der Waals surface area contributed by atoms with Gasteiger partial charge < -0.3 is 15.1 Å². The van der Waals surface area contributed by atoms with Crippen molar-refractivity contribution in [2.24, 2.45) is 0 Å². The van der Waals surface area contributed by atoms with E-state index in [1.54, 1.807) is 11.8 Å². The van der Waals surface area contributed by atoms with Crippen molar-refractivity contribution in [3.8, 4) is 0 Å². The molecule has 3 N–H and O–H groups in total. The third kappa shape index (κ3) is 3.34. The number of aryl methyl sites for hydroxylation is 1. The van der Waals surface area contributed by atoms with E-state index in [0.29, 0.717) is 24.7 Å². The lowest BCUT2D eigenvalue weighted by Crippen LogP contribution is -2.32. The van der Waals surface area contributed by atoms with Crippen LogP contribution in [-0.4, -0.2) is 46.5 Å². The summed E-state index contributed by atoms with van der Waals surface area (Å²) in [5, 5.41) is 17.6. The number of aliphatic hydroxyl groups is 2. The van der Waals surface area contributed by atoms with Crippen LogP contribution in [0.2, 0.25) is 0 Å². The van der Waals surface area contributed by atoms with Gasteiger partial charge in [-0.3, -0.25) is 9.78 Å². The number of hydrogen-bond donors (Lipinski definition) is 3. The second-order valence-corrected chi connectivity index (χ2v) is 3.14. The summed E-state index contributed by atoms with van der Waals surface area (Å²) >= 11 is 0. The largest absolute Gasteiger partial charge is 0.395 e. The number of H-pyrrole nitrogens is 1. The summed E-state index contributed by atoms with van der Waals surface area (Å²) < 4.78 is 0. The predicted molar refractivity (Wildman–Crippen MR) is 56.0 cm³/mol. The molecule has 0 aromatic carbocycles. The maximum absolute atomic E-state index is 11.2. The Morgan fingerprint density at radius 1 is 1.40 bits per heavy atom. The number of anilines is 1. The van der Waals surface area contributed by atoms with E-state index in [-0.39, 0.29) is 18.8 Å². The third-order valence-corrected chi connectivity index (χ3v) is 1.90. The fraction of sp³-hybridized carbons (Fsp3) is 0.556. The number of nitrogens with one attached hydrogen (secondary N) is 1. The summed E-state index contributed by atoms with van der Waals surface area (Å²) in [5.41, 5.74) is 0.369. The lowest BCUT2D eigenvalue weighted by molar-refractivity contribution is 0.280. The van der Waals surface area contributed by atoms with Gasteiger partial charge in [0.1, 0.15) is 0 Å². The molecular weight excluding hydrogens is 198 g/mol. The molecule has 0 bridgehead atoms. The van der Waals surface area contributed by atoms with Gasteiger partial charge in [0.05, 0.1) is 13.2 Å². The Morgan fingerprint density at radius 3 is 2.47 bits per heavy atom. The van der Waals surface area contributed by atoms with Crippen LogP contribution < -0.4 is 10.5 Å². The lowest BCUT2D eigenvalue weighted by Gasteiger charge is -2.20. The Labute approximate surface area is 87.2 Å². The molecule has 0 aliphatic rings. The summed E-state index contributed by atoms with van der Waals surface area (Å²) in [7, 11) is 0. The highest BCUT2D eigenvalue weighted by Gasteiger charge is 2.08. The number of hydrogen-bond acceptors (Lipinski definition) is 5. The predicted octanol–water partition coefficient (Wildman–Crippen LogP) is -1.13. The first kappa shape index (κ1) is 11.7. The molecule has 6 heteroatoms. The molecule has 0 aliphatic heterocycles. The van der Waals surface area contributed by atoms with Gasteiger partial charge in [-0.05, 0) is 6.92 Å². The average Bonchev–Trinajstić information content (AvgIpc) is 2.16. The van der Waals surface area contributed by atoms with Crippen LogP contribution in [0, 0.1) is 6.92 Å². The van der Waals surface area contributed by atoms with Crippen molar-refractivity contribution >= 4 is 5.95 Å². The summed E-state index contributed by atoms with van der Waals surface area (Å²) in [4.78, 5) is 19.5. The van der Waals surface area contributed by atoms with Crippen LogP contribution in [0.25, 0.3) is 0 Å². The zero-order valence-electron chi connectivity index (χ0n) is 8.60. The van der Waals surface area contributed by atoms with Crippen molar-refractivity contribution in [3.05, 3.63) is 22.1 Å². The van der Waals surface area contributed by atoms with Gasteiger partial charge in [0.15, 0.2) is 0 Å². The molecule has 15 heavy (non-hydrogen) atoms. The third-order valence-electron chi connectivity index (χ3n) is 1.90. The molecule has 1 rings (SSSR count). The molecule has 0 amide bonds. The standard InChI is InChI=1S/C9H15N3O3/c1-7-6-8(15)11-9(10-7)12(2-4-13)3-5-14/h6,13-14H,2-5H2,1H3,(H,10,11,15). The van der Waals surface area contributed by atoms with Crippen molar-refractivity contribution < 1.29 is 10.2 Å². The van der Waals surface area contributed by atoms with Crippen LogP contribution in [0.1, 0.15) is 5.69 Å². The van der Waals surface area contributed by atoms with Crippen molar-refractivity contribution in [1.29, 1.82) is 0 Å². The van der Waals surface area contributed by atoms with Crippen LogP contribution in [0.15, 0.2) is 10.9 Å². The monoisotopic (exact) mass is 213 g/mol. The van der Waals surface area contributed by atoms with Gasteiger partial charge in [-0.25, -0.2) is 4.98 Å². The highest BCUT2D eigenvalue weighted by molar-refractivity contribution is 5.29. The Kier molecular flexibility index (Phi) is 4.26. The van der Waals surface area contributed by atoms with Crippen LogP contribution in [0.3, 0.4) is 0 Å². The molecule has 0 atom stereocenters. The molecule has 1 heterocycles. The first-order valence-corrected chi connectivity index (χ1v) is 4.72. The average molecular weight is 213 g/mol. The number of nitrogens with zero attached hydrogens (tertiary/aromatic N) is 2. The topological polar surface area (TPSA) is 89.5 Å². The molecule has 0 saturated heterocycles. The first-order chi connectivity index (χ1) is 7.17. The summed E-state index contributed by atoms with van der Waals surface area (Å²) in [5.74, 6) is 0.378. The van der Waals surface area contributed by atoms with E-state index >= 15 is 0 Å². The van der Waals surface area contributed by atoms with Gasteiger partial charge in [0.25, 0.3) is 5.56 Å². The van der Waals surface area contributed by atoms with Gasteiger partial charge in [-0.2, -0.15) is 0 Å². The summed E-state index contributed by atoms with van der Waals surface area (Å²) in [6.07, 6.45) is 0. The van der Waals surface area contributed by atoms with Crippen LogP contribution in [0.4, 0.5) is 5.95 Å². The molecule has 6 nitrogen and oxygen atoms in total. The van der Waals surface area contributed by atoms with Gasteiger partial charge >= 0.3 is 0 Å². The molecular formula is C9H15N3O3. The van der Waals surface area contributed by atoms with E-state index in [1.165, 1.54) is 6.07 Å². The van der Waals surface area contributed by atoms with E-state index in [1.807, 2.05) is 0 Å². The maximum Gasteiger partial charge on any atom is 0.252 e. The minimum atomic E-state index is -0.238. The van der Waals surface area contributed by atoms with Gasteiger partial charge in [0.2, 0.25) is 5.95 Å². The van der Waals surface area contributed by atoms with Crippen LogP contribution in [0.5, 0.6) is 0 Å². The molecule has 0 unspecified atom stereocenters. The lowest BCUT2D eigenvalue weighted by atomic mass is 10.4. The smallest absolute Gasteiger partial charge is 0.252 e. The van der Waals surface area contributed by atoms with Gasteiger partial charge in [-0.1, -0.05) is 0 Å². The summed E-state index contributed by atoms with van der Waals surface area (Å²) in [6.45, 7) is 2.25. The Balaban J connectivity index is 2.93. The second kappa shape index (κ2) is 5.47. The SMILES string of the molecule is Cc1cc(=O)[nH]c(N(CCO)CCO)n1. The van der Waals surface area contributed by atoms with E-state index in [0.717, 1.165) is 0 Å². The van der Waals surface area contributed by atoms with Crippen LogP contribution in [-0.2, 0) is 0 Å². The molecule has 84 valence electrons. The number of rotatable bonds is 5. The Morgan fingerprint density at radius 2 is 2.00 bits per heavy atom. The van der Waals surface area contributed by atoms with Crippen LogP contribution >= 0.6 is 0 Å². The Hall–Kier alpha value is -1.40. The fourth-order valence-corrected chi connectivity index (χ4v) is 1.28. The number of aliphatic hydroxyl groups excluding tert-OH is 2.